The van der Waals surface area contributed by atoms with Crippen molar-refractivity contribution in [1.82, 2.24) is 4.90 Å². The molecule has 0 unspecified atom stereocenters. The molecule has 0 saturated carbocycles. The molecule has 6 nitrogen and oxygen atoms in total. The molecule has 7 heteroatoms. The first-order valence-electron chi connectivity index (χ1n) is 5.01. The molecule has 100 valence electrons. The van der Waals surface area contributed by atoms with E-state index in [2.05, 4.69) is 9.89 Å². The van der Waals surface area contributed by atoms with Crippen LogP contribution in [-0.2, 0) is 21.1 Å². The minimum Gasteiger partial charge on any atom is -0.872 e. The molecular weight excluding hydrogens is 413 g/mol. The Hall–Kier alpha value is -1.35. The van der Waals surface area contributed by atoms with E-state index in [1.807, 2.05) is 20.2 Å². The molecule has 1 aromatic rings. The summed E-state index contributed by atoms with van der Waals surface area (Å²) >= 11 is 0. The third-order valence-electron chi connectivity index (χ3n) is 1.83. The Balaban J connectivity index is 0. The summed E-state index contributed by atoms with van der Waals surface area (Å²) in [7, 11) is 3.99. The van der Waals surface area contributed by atoms with Crippen LogP contribution in [-0.4, -0.2) is 38.3 Å². The Bertz CT molecular complexity index is 389. The van der Waals surface area contributed by atoms with E-state index in [0.717, 1.165) is 13.1 Å². The molecule has 1 aromatic carbocycles. The first-order chi connectivity index (χ1) is 8.11. The first kappa shape index (κ1) is 19.0. The Morgan fingerprint density at radius 1 is 1.33 bits per heavy atom. The van der Waals surface area contributed by atoms with Gasteiger partial charge < -0.3 is 21.1 Å². The monoisotopic (exact) mass is 428 g/mol. The number of nitrogens with zero attached hydrogens (tertiary/aromatic N) is 5. The number of aliphatic imine (C=N–C) groups is 1. The molecule has 0 aromatic heterocycles. The van der Waals surface area contributed by atoms with Crippen LogP contribution < -0.4 is 5.11 Å². The number of hydrogen-bond acceptors (Lipinski definition) is 3. The van der Waals surface area contributed by atoms with Crippen LogP contribution in [0.4, 0.5) is 0 Å². The van der Waals surface area contributed by atoms with Crippen molar-refractivity contribution in [2.75, 3.05) is 27.2 Å². The van der Waals surface area contributed by atoms with Gasteiger partial charge in [0.25, 0.3) is 0 Å². The topological polar surface area (TPSA) is 97.4 Å². The van der Waals surface area contributed by atoms with Crippen molar-refractivity contribution in [2.45, 2.75) is 0 Å². The van der Waals surface area contributed by atoms with Gasteiger partial charge in [0.1, 0.15) is 0 Å². The minimum atomic E-state index is 0. The van der Waals surface area contributed by atoms with Gasteiger partial charge in [-0.05, 0) is 19.7 Å². The molecule has 0 bridgehead atoms. The summed E-state index contributed by atoms with van der Waals surface area (Å²) in [5, 5.41) is 11.2. The molecular formula is C11H15N5OPt. The van der Waals surface area contributed by atoms with Crippen LogP contribution >= 0.6 is 0 Å². The maximum absolute atomic E-state index is 11.2. The Morgan fingerprint density at radius 2 is 1.89 bits per heavy atom. The van der Waals surface area contributed by atoms with Crippen molar-refractivity contribution >= 4 is 6.21 Å². The average molecular weight is 428 g/mol. The largest absolute Gasteiger partial charge is 2.00 e. The molecule has 0 aliphatic carbocycles. The molecule has 18 heavy (non-hydrogen) atoms. The molecule has 0 atom stereocenters. The zero-order chi connectivity index (χ0) is 13.1. The Morgan fingerprint density at radius 3 is 2.39 bits per heavy atom. The predicted octanol–water partition coefficient (Wildman–Crippen LogP) is 1.60. The van der Waals surface area contributed by atoms with Crippen molar-refractivity contribution < 1.29 is 26.2 Å². The van der Waals surface area contributed by atoms with Crippen LogP contribution in [0.1, 0.15) is 5.56 Å². The zero-order valence-electron chi connectivity index (χ0n) is 10.3. The summed E-state index contributed by atoms with van der Waals surface area (Å²) in [5.41, 5.74) is 14.2. The summed E-state index contributed by atoms with van der Waals surface area (Å²) in [6, 6.07) is 6.91. The smallest absolute Gasteiger partial charge is 0.872 e. The van der Waals surface area contributed by atoms with E-state index in [1.54, 1.807) is 24.4 Å². The summed E-state index contributed by atoms with van der Waals surface area (Å²) in [6.45, 7) is 1.62. The second kappa shape index (κ2) is 12.1. The van der Waals surface area contributed by atoms with Gasteiger partial charge in [0.05, 0.1) is 6.54 Å². The second-order valence-electron chi connectivity index (χ2n) is 3.47. The summed E-state index contributed by atoms with van der Waals surface area (Å²) in [4.78, 5) is 7.73. The Kier molecular flexibility index (Phi) is 12.8. The molecule has 0 spiro atoms. The van der Waals surface area contributed by atoms with Crippen molar-refractivity contribution in [3.8, 4) is 5.75 Å². The SMILES string of the molecule is CN(C)CCN=Cc1ccccc1[O-].[N-]=[N+]=[N-].[Pt+2]. The average Bonchev–Trinajstić information content (AvgIpc) is 2.27. The van der Waals surface area contributed by atoms with Crippen molar-refractivity contribution in [2.24, 2.45) is 4.99 Å². The van der Waals surface area contributed by atoms with E-state index in [-0.39, 0.29) is 26.8 Å². The fraction of sp³-hybridized carbons (Fsp3) is 0.364. The summed E-state index contributed by atoms with van der Waals surface area (Å²) in [6.07, 6.45) is 1.64. The molecule has 0 amide bonds. The van der Waals surface area contributed by atoms with Gasteiger partial charge in [-0.1, -0.05) is 24.3 Å². The van der Waals surface area contributed by atoms with E-state index < -0.39 is 0 Å². The zero-order valence-corrected chi connectivity index (χ0v) is 12.5. The van der Waals surface area contributed by atoms with Crippen LogP contribution in [0.15, 0.2) is 29.3 Å². The number of likely N-dealkylation sites (N-methyl/N-ethyl adjacent to an activating group) is 1. The molecule has 1 rings (SSSR count). The van der Waals surface area contributed by atoms with E-state index >= 15 is 0 Å². The normalized spacial score (nSPS) is 9.28. The van der Waals surface area contributed by atoms with Crippen LogP contribution in [0.5, 0.6) is 5.75 Å². The van der Waals surface area contributed by atoms with Gasteiger partial charge in [0, 0.05) is 12.8 Å². The van der Waals surface area contributed by atoms with E-state index in [4.69, 9.17) is 11.1 Å². The molecule has 0 aliphatic rings. The first-order valence-corrected chi connectivity index (χ1v) is 5.01. The maximum Gasteiger partial charge on any atom is 2.00 e. The standard InChI is InChI=1S/C11H16N2O.N3.Pt/c1-13(2)8-7-12-9-10-5-3-4-6-11(10)14;1-3-2;/h3-6,9,14H,7-8H2,1-2H3;;/q;-1;+2/p-1. The van der Waals surface area contributed by atoms with E-state index in [0.29, 0.717) is 5.56 Å². The van der Waals surface area contributed by atoms with Crippen molar-refractivity contribution in [1.29, 1.82) is 0 Å². The number of rotatable bonds is 4. The fourth-order valence-electron chi connectivity index (χ4n) is 1.01. The summed E-state index contributed by atoms with van der Waals surface area (Å²) < 4.78 is 0. The number of hydrogen-bond donors (Lipinski definition) is 0. The molecule has 0 aliphatic heterocycles. The van der Waals surface area contributed by atoms with Gasteiger partial charge in [-0.2, -0.15) is 0 Å². The molecule has 0 N–H and O–H groups in total. The van der Waals surface area contributed by atoms with Crippen molar-refractivity contribution in [3.05, 3.63) is 45.8 Å². The molecule has 0 saturated heterocycles. The van der Waals surface area contributed by atoms with Crippen LogP contribution in [0.2, 0.25) is 0 Å². The quantitative estimate of drug-likeness (QED) is 0.315. The van der Waals surface area contributed by atoms with E-state index in [1.165, 1.54) is 4.91 Å². The molecule has 0 radical (unpaired) electrons. The maximum atomic E-state index is 11.2. The molecule has 0 fully saturated rings. The number of para-hydroxylation sites is 1. The van der Waals surface area contributed by atoms with Gasteiger partial charge >= 0.3 is 21.1 Å². The van der Waals surface area contributed by atoms with Gasteiger partial charge in [-0.15, -0.1) is 5.75 Å². The Labute approximate surface area is 121 Å². The van der Waals surface area contributed by atoms with Crippen LogP contribution in [0, 0.1) is 0 Å². The van der Waals surface area contributed by atoms with Gasteiger partial charge in [-0.3, -0.25) is 9.90 Å². The molecule has 0 heterocycles. The van der Waals surface area contributed by atoms with Gasteiger partial charge in [-0.25, -0.2) is 0 Å². The van der Waals surface area contributed by atoms with Gasteiger partial charge in [0.2, 0.25) is 0 Å². The third-order valence-corrected chi connectivity index (χ3v) is 1.83. The fourth-order valence-corrected chi connectivity index (χ4v) is 1.01. The van der Waals surface area contributed by atoms with E-state index in [9.17, 15) is 5.11 Å². The third kappa shape index (κ3) is 9.84. The van der Waals surface area contributed by atoms with Gasteiger partial charge in [0.15, 0.2) is 0 Å². The predicted molar refractivity (Wildman–Crippen MR) is 67.0 cm³/mol. The summed E-state index contributed by atoms with van der Waals surface area (Å²) in [5.74, 6) is 0.0288. The second-order valence-corrected chi connectivity index (χ2v) is 3.47. The minimum absolute atomic E-state index is 0. The van der Waals surface area contributed by atoms with Crippen LogP contribution in [0.25, 0.3) is 16.0 Å². The van der Waals surface area contributed by atoms with Crippen LogP contribution in [0.3, 0.4) is 0 Å². The number of benzene rings is 1. The van der Waals surface area contributed by atoms with Crippen molar-refractivity contribution in [3.63, 3.8) is 0 Å².